The number of para-hydroxylation sites is 1. The number of sulfone groups is 1. The van der Waals surface area contributed by atoms with Crippen molar-refractivity contribution in [2.75, 3.05) is 18.6 Å². The number of benzene rings is 3. The van der Waals surface area contributed by atoms with Gasteiger partial charge in [-0.2, -0.15) is 0 Å². The number of fused-ring (bicyclic) bond motifs is 1. The van der Waals surface area contributed by atoms with Crippen LogP contribution >= 0.6 is 11.6 Å². The molecule has 0 saturated heterocycles. The van der Waals surface area contributed by atoms with E-state index in [9.17, 15) is 21.2 Å². The number of rotatable bonds is 9. The molecule has 0 spiro atoms. The fourth-order valence-corrected chi connectivity index (χ4v) is 5.60. The van der Waals surface area contributed by atoms with E-state index in [4.69, 9.17) is 16.3 Å². The number of halogens is 2. The van der Waals surface area contributed by atoms with Crippen molar-refractivity contribution in [3.8, 4) is 22.8 Å². The summed E-state index contributed by atoms with van der Waals surface area (Å²) in [6, 6.07) is 15.2. The fourth-order valence-electron chi connectivity index (χ4n) is 3.52. The van der Waals surface area contributed by atoms with Gasteiger partial charge in [0.25, 0.3) is 0 Å². The highest BCUT2D eigenvalue weighted by Gasteiger charge is 2.17. The molecule has 0 aliphatic rings. The first kappa shape index (κ1) is 26.0. The first-order chi connectivity index (χ1) is 17.0. The summed E-state index contributed by atoms with van der Waals surface area (Å²) in [6.07, 6.45) is 2.42. The highest BCUT2D eigenvalue weighted by molar-refractivity contribution is 7.91. The molecule has 1 heterocycles. The van der Waals surface area contributed by atoms with E-state index in [0.717, 1.165) is 6.26 Å². The monoisotopic (exact) mass is 549 g/mol. The van der Waals surface area contributed by atoms with Crippen LogP contribution in [0.1, 0.15) is 6.42 Å². The van der Waals surface area contributed by atoms with Gasteiger partial charge in [-0.3, -0.25) is 0 Å². The molecule has 12 heteroatoms. The van der Waals surface area contributed by atoms with Crippen LogP contribution in [0, 0.1) is 5.82 Å². The molecule has 0 atom stereocenters. The Morgan fingerprint density at radius 1 is 0.972 bits per heavy atom. The second-order valence-corrected chi connectivity index (χ2v) is 12.3. The van der Waals surface area contributed by atoms with E-state index in [1.54, 1.807) is 24.3 Å². The molecule has 36 heavy (non-hydrogen) atoms. The van der Waals surface area contributed by atoms with Crippen LogP contribution in [0.2, 0.25) is 5.02 Å². The van der Waals surface area contributed by atoms with E-state index >= 15 is 0 Å². The van der Waals surface area contributed by atoms with Crippen LogP contribution in [0.4, 0.5) is 4.39 Å². The van der Waals surface area contributed by atoms with Crippen molar-refractivity contribution in [2.45, 2.75) is 11.3 Å². The van der Waals surface area contributed by atoms with E-state index in [0.29, 0.717) is 21.6 Å². The smallest absolute Gasteiger partial charge is 0.208 e. The van der Waals surface area contributed by atoms with Crippen molar-refractivity contribution in [1.29, 1.82) is 0 Å². The number of aromatic nitrogens is 2. The summed E-state index contributed by atoms with van der Waals surface area (Å²) in [5, 5.41) is 0.980. The Balaban J connectivity index is 1.58. The van der Waals surface area contributed by atoms with Gasteiger partial charge in [-0.1, -0.05) is 29.8 Å². The molecule has 3 aromatic carbocycles. The van der Waals surface area contributed by atoms with Crippen molar-refractivity contribution in [3.63, 3.8) is 0 Å². The average molecular weight is 550 g/mol. The highest BCUT2D eigenvalue weighted by Crippen LogP contribution is 2.34. The second kappa shape index (κ2) is 10.5. The zero-order valence-electron chi connectivity index (χ0n) is 19.0. The third kappa shape index (κ3) is 6.16. The van der Waals surface area contributed by atoms with Crippen LogP contribution in [0.15, 0.2) is 71.9 Å². The van der Waals surface area contributed by atoms with Gasteiger partial charge in [-0.25, -0.2) is 35.9 Å². The number of hydrogen-bond acceptors (Lipinski definition) is 7. The summed E-state index contributed by atoms with van der Waals surface area (Å²) in [5.74, 6) is -0.268. The molecule has 0 aliphatic carbocycles. The number of nitrogens with one attached hydrogen (secondary N) is 1. The normalized spacial score (nSPS) is 12.1. The molecule has 0 unspecified atom stereocenters. The topological polar surface area (TPSA) is 115 Å². The van der Waals surface area contributed by atoms with Crippen LogP contribution in [0.25, 0.3) is 22.2 Å². The van der Waals surface area contributed by atoms with Gasteiger partial charge >= 0.3 is 0 Å². The number of hydrogen-bond donors (Lipinski definition) is 1. The van der Waals surface area contributed by atoms with Crippen molar-refractivity contribution < 1.29 is 26.0 Å². The summed E-state index contributed by atoms with van der Waals surface area (Å²) in [5.41, 5.74) is 0.994. The van der Waals surface area contributed by atoms with Crippen LogP contribution in [-0.4, -0.2) is 45.4 Å². The first-order valence-corrected chi connectivity index (χ1v) is 14.6. The second-order valence-electron chi connectivity index (χ2n) is 7.92. The predicted molar refractivity (Wildman–Crippen MR) is 136 cm³/mol. The fraction of sp³-hybridized carbons (Fsp3) is 0.167. The SMILES string of the molecule is CS(=O)(=O)NCCCS(=O)(=O)c1cccc(Oc2ccc(F)c(-c3ncnc4c(Cl)cccc34)c2)c1. The van der Waals surface area contributed by atoms with Crippen LogP contribution in [-0.2, 0) is 19.9 Å². The van der Waals surface area contributed by atoms with Gasteiger partial charge in [0.1, 0.15) is 23.6 Å². The minimum atomic E-state index is -3.68. The lowest BCUT2D eigenvalue weighted by Crippen LogP contribution is -2.24. The molecule has 0 radical (unpaired) electrons. The lowest BCUT2D eigenvalue weighted by molar-refractivity contribution is 0.479. The number of nitrogens with zero attached hydrogens (tertiary/aromatic N) is 2. The lowest BCUT2D eigenvalue weighted by Gasteiger charge is -2.11. The number of ether oxygens (including phenoxy) is 1. The standard InChI is InChI=1S/C24H21ClFN3O5S2/c1-35(30,31)29-11-4-12-36(32,33)18-6-2-5-16(13-18)34-17-9-10-22(26)20(14-17)23-19-7-3-8-21(25)24(19)28-15-27-23/h2-3,5-10,13-15,29H,4,11-12H2,1H3. The molecule has 8 nitrogen and oxygen atoms in total. The molecule has 4 rings (SSSR count). The molecule has 1 N–H and O–H groups in total. The van der Waals surface area contributed by atoms with Gasteiger partial charge in [0.15, 0.2) is 9.84 Å². The Morgan fingerprint density at radius 3 is 2.50 bits per heavy atom. The van der Waals surface area contributed by atoms with Crippen molar-refractivity contribution >= 4 is 42.4 Å². The third-order valence-electron chi connectivity index (χ3n) is 5.16. The van der Waals surface area contributed by atoms with Crippen LogP contribution in [0.5, 0.6) is 11.5 Å². The van der Waals surface area contributed by atoms with E-state index < -0.39 is 25.7 Å². The summed E-state index contributed by atoms with van der Waals surface area (Å²) >= 11 is 6.22. The minimum Gasteiger partial charge on any atom is -0.457 e. The van der Waals surface area contributed by atoms with E-state index in [1.807, 2.05) is 0 Å². The van der Waals surface area contributed by atoms with Crippen molar-refractivity contribution in [2.24, 2.45) is 0 Å². The maximum Gasteiger partial charge on any atom is 0.208 e. The summed E-state index contributed by atoms with van der Waals surface area (Å²) in [6.45, 7) is 0.00947. The Labute approximate surface area is 213 Å². The van der Waals surface area contributed by atoms with Crippen molar-refractivity contribution in [1.82, 2.24) is 14.7 Å². The Hall–Kier alpha value is -3.12. The quantitative estimate of drug-likeness (QED) is 0.303. The van der Waals surface area contributed by atoms with Gasteiger partial charge in [0, 0.05) is 17.5 Å². The Kier molecular flexibility index (Phi) is 7.55. The molecule has 0 bridgehead atoms. The van der Waals surface area contributed by atoms with Crippen LogP contribution in [0.3, 0.4) is 0 Å². The zero-order valence-corrected chi connectivity index (χ0v) is 21.4. The molecule has 1 aromatic heterocycles. The highest BCUT2D eigenvalue weighted by atomic mass is 35.5. The summed E-state index contributed by atoms with van der Waals surface area (Å²) < 4.78 is 70.6. The maximum absolute atomic E-state index is 14.8. The zero-order chi connectivity index (χ0) is 25.9. The average Bonchev–Trinajstić information content (AvgIpc) is 2.83. The Bertz CT molecular complexity index is 1650. The van der Waals surface area contributed by atoms with Crippen molar-refractivity contribution in [3.05, 3.63) is 77.8 Å². The van der Waals surface area contributed by atoms with E-state index in [-0.39, 0.29) is 40.7 Å². The summed E-state index contributed by atoms with van der Waals surface area (Å²) in [4.78, 5) is 8.43. The molecule has 0 saturated carbocycles. The predicted octanol–water partition coefficient (Wildman–Crippen LogP) is 4.59. The molecular weight excluding hydrogens is 529 g/mol. The molecule has 0 fully saturated rings. The number of sulfonamides is 1. The minimum absolute atomic E-state index is 0.00947. The van der Waals surface area contributed by atoms with E-state index in [1.165, 1.54) is 42.7 Å². The first-order valence-electron chi connectivity index (χ1n) is 10.7. The summed E-state index contributed by atoms with van der Waals surface area (Å²) in [7, 11) is -7.08. The van der Waals surface area contributed by atoms with Crippen LogP contribution < -0.4 is 9.46 Å². The van der Waals surface area contributed by atoms with Gasteiger partial charge in [0.05, 0.1) is 33.1 Å². The van der Waals surface area contributed by atoms with Gasteiger partial charge in [0.2, 0.25) is 10.0 Å². The molecule has 0 amide bonds. The molecule has 188 valence electrons. The molecule has 0 aliphatic heterocycles. The molecular formula is C24H21ClFN3O5S2. The van der Waals surface area contributed by atoms with Gasteiger partial charge in [-0.15, -0.1) is 0 Å². The maximum atomic E-state index is 14.8. The lowest BCUT2D eigenvalue weighted by atomic mass is 10.1. The Morgan fingerprint density at radius 2 is 1.72 bits per heavy atom. The van der Waals surface area contributed by atoms with E-state index in [2.05, 4.69) is 14.7 Å². The third-order valence-corrected chi connectivity index (χ3v) is 7.99. The van der Waals surface area contributed by atoms with Gasteiger partial charge < -0.3 is 4.74 Å². The molecule has 4 aromatic rings. The van der Waals surface area contributed by atoms with Gasteiger partial charge in [-0.05, 0) is 48.9 Å². The largest absolute Gasteiger partial charge is 0.457 e.